The lowest BCUT2D eigenvalue weighted by Crippen LogP contribution is -2.00. The van der Waals surface area contributed by atoms with Gasteiger partial charge in [-0.2, -0.15) is 0 Å². The minimum Gasteiger partial charge on any atom is -0.455 e. The van der Waals surface area contributed by atoms with Gasteiger partial charge in [0.15, 0.2) is 17.5 Å². The number of nitrogens with zero attached hydrogens (tertiary/aromatic N) is 3. The molecule has 0 N–H and O–H groups in total. The fourth-order valence-corrected chi connectivity index (χ4v) is 7.50. The van der Waals surface area contributed by atoms with Crippen LogP contribution < -0.4 is 0 Å². The van der Waals surface area contributed by atoms with Crippen molar-refractivity contribution in [2.45, 2.75) is 0 Å². The molecule has 0 aliphatic carbocycles. The molecule has 4 nitrogen and oxygen atoms in total. The topological polar surface area (TPSA) is 51.8 Å². The van der Waals surface area contributed by atoms with Crippen LogP contribution in [0.2, 0.25) is 0 Å². The number of para-hydroxylation sites is 1. The number of benzene rings is 7. The molecule has 10 rings (SSSR count). The summed E-state index contributed by atoms with van der Waals surface area (Å²) in [5.74, 6) is 0.703. The summed E-state index contributed by atoms with van der Waals surface area (Å²) < 4.78 is 63.6. The number of thiophene rings is 1. The highest BCUT2D eigenvalue weighted by atomic mass is 32.1. The van der Waals surface area contributed by atoms with Gasteiger partial charge in [0.1, 0.15) is 11.2 Å². The van der Waals surface area contributed by atoms with E-state index in [4.69, 9.17) is 23.5 Å². The normalized spacial score (nSPS) is 13.3. The van der Waals surface area contributed by atoms with Crippen molar-refractivity contribution in [1.82, 2.24) is 15.0 Å². The minimum atomic E-state index is -0.341. The van der Waals surface area contributed by atoms with Gasteiger partial charge in [0.25, 0.3) is 0 Å². The SMILES string of the molecule is [2H]c1c([2H])c([2H])c2c(oc3c([2H])c(-c4nc(-c5ccccc5)nc(-c5ccc6sc7ccccc7c6c5)n4)c([2H])c([2H])c32)c1-c1cccc(-c2ccccc2)c1. The summed E-state index contributed by atoms with van der Waals surface area (Å²) in [5.41, 5.74) is 4.17. The first-order chi connectivity index (χ1) is 27.3. The van der Waals surface area contributed by atoms with Gasteiger partial charge >= 0.3 is 0 Å². The molecular weight excluding hydrogens is 631 g/mol. The van der Waals surface area contributed by atoms with E-state index in [2.05, 4.69) is 12.1 Å². The predicted octanol–water partition coefficient (Wildman–Crippen LogP) is 12.5. The Morgan fingerprint density at radius 2 is 1.14 bits per heavy atom. The molecule has 234 valence electrons. The molecule has 50 heavy (non-hydrogen) atoms. The molecule has 3 heterocycles. The average Bonchev–Trinajstić information content (AvgIpc) is 3.82. The Hall–Kier alpha value is -6.43. The molecule has 10 aromatic rings. The van der Waals surface area contributed by atoms with Gasteiger partial charge in [0, 0.05) is 53.2 Å². The van der Waals surface area contributed by atoms with Crippen molar-refractivity contribution in [3.05, 3.63) is 164 Å². The zero-order valence-electron chi connectivity index (χ0n) is 32.3. The molecule has 0 saturated carbocycles. The first kappa shape index (κ1) is 23.0. The molecule has 0 radical (unpaired) electrons. The zero-order valence-corrected chi connectivity index (χ0v) is 27.1. The minimum absolute atomic E-state index is 0.0270. The van der Waals surface area contributed by atoms with Gasteiger partial charge in [-0.15, -0.1) is 11.3 Å². The van der Waals surface area contributed by atoms with Crippen LogP contribution in [0, 0.1) is 0 Å². The van der Waals surface area contributed by atoms with E-state index in [1.54, 1.807) is 11.3 Å². The lowest BCUT2D eigenvalue weighted by molar-refractivity contribution is 0.670. The number of aromatic nitrogens is 3. The maximum absolute atomic E-state index is 9.52. The van der Waals surface area contributed by atoms with Gasteiger partial charge in [-0.1, -0.05) is 121 Å². The third-order valence-electron chi connectivity index (χ3n) is 8.85. The van der Waals surface area contributed by atoms with Crippen LogP contribution in [0.4, 0.5) is 0 Å². The van der Waals surface area contributed by atoms with Crippen LogP contribution in [-0.4, -0.2) is 15.0 Å². The van der Waals surface area contributed by atoms with Crippen molar-refractivity contribution in [3.8, 4) is 56.4 Å². The van der Waals surface area contributed by atoms with Gasteiger partial charge in [-0.05, 0) is 59.1 Å². The molecule has 0 atom stereocenters. The third-order valence-corrected chi connectivity index (χ3v) is 10.00. The highest BCUT2D eigenvalue weighted by Crippen LogP contribution is 2.39. The molecule has 5 heteroatoms. The molecule has 0 amide bonds. The molecule has 0 fully saturated rings. The number of furan rings is 1. The first-order valence-electron chi connectivity index (χ1n) is 19.1. The Kier molecular flexibility index (Phi) is 5.35. The third kappa shape index (κ3) is 4.87. The van der Waals surface area contributed by atoms with Gasteiger partial charge in [-0.25, -0.2) is 15.0 Å². The van der Waals surface area contributed by atoms with Gasteiger partial charge in [0.2, 0.25) is 0 Å². The van der Waals surface area contributed by atoms with E-state index in [1.807, 2.05) is 115 Å². The van der Waals surface area contributed by atoms with Crippen molar-refractivity contribution >= 4 is 53.4 Å². The van der Waals surface area contributed by atoms with Gasteiger partial charge in [-0.3, -0.25) is 0 Å². The molecule has 0 aliphatic heterocycles. The summed E-state index contributed by atoms with van der Waals surface area (Å²) >= 11 is 1.70. The van der Waals surface area contributed by atoms with Crippen LogP contribution in [0.5, 0.6) is 0 Å². The monoisotopic (exact) mass is 663 g/mol. The maximum Gasteiger partial charge on any atom is 0.164 e. The summed E-state index contributed by atoms with van der Waals surface area (Å²) in [6.45, 7) is 0. The second kappa shape index (κ2) is 11.6. The highest BCUT2D eigenvalue weighted by Gasteiger charge is 2.17. The molecule has 3 aromatic heterocycles. The van der Waals surface area contributed by atoms with Gasteiger partial charge in [0.05, 0.1) is 8.22 Å². The van der Waals surface area contributed by atoms with Crippen LogP contribution in [-0.2, 0) is 0 Å². The summed E-state index contributed by atoms with van der Waals surface area (Å²) in [4.78, 5) is 14.5. The summed E-state index contributed by atoms with van der Waals surface area (Å²) in [5, 5.41) is 2.35. The van der Waals surface area contributed by atoms with Crippen LogP contribution >= 0.6 is 11.3 Å². The summed E-state index contributed by atoms with van der Waals surface area (Å²) in [6.07, 6.45) is 0. The quantitative estimate of drug-likeness (QED) is 0.184. The number of fused-ring (bicyclic) bond motifs is 6. The number of rotatable bonds is 5. The molecule has 7 aromatic carbocycles. The predicted molar refractivity (Wildman–Crippen MR) is 207 cm³/mol. The van der Waals surface area contributed by atoms with E-state index in [-0.39, 0.29) is 75.1 Å². The molecule has 0 saturated heterocycles. The second-order valence-corrected chi connectivity index (χ2v) is 13.0. The van der Waals surface area contributed by atoms with Crippen molar-refractivity contribution in [1.29, 1.82) is 0 Å². The van der Waals surface area contributed by atoms with Crippen molar-refractivity contribution in [2.24, 2.45) is 0 Å². The van der Waals surface area contributed by atoms with E-state index in [1.165, 1.54) is 4.70 Å². The standard InChI is InChI=1S/C45H27N3OS/c1-3-11-28(12-4-1)30-15-9-16-31(25-30)34-18-10-19-37-35-23-21-33(27-39(35)49-42(34)37)45-47-43(29-13-5-2-6-14-29)46-44(48-45)32-22-24-41-38(26-32)36-17-7-8-20-40(36)50-41/h1-27H/i10D,18D,19D,21D,23D,27D. The summed E-state index contributed by atoms with van der Waals surface area (Å²) in [6, 6.07) is 39.2. The smallest absolute Gasteiger partial charge is 0.164 e. The van der Waals surface area contributed by atoms with E-state index in [0.717, 1.165) is 32.2 Å². The molecular formula is C45H27N3OS. The lowest BCUT2D eigenvalue weighted by atomic mass is 9.97. The second-order valence-electron chi connectivity index (χ2n) is 11.9. The Morgan fingerprint density at radius 3 is 1.98 bits per heavy atom. The Morgan fingerprint density at radius 1 is 0.460 bits per heavy atom. The number of hydrogen-bond donors (Lipinski definition) is 0. The van der Waals surface area contributed by atoms with Crippen LogP contribution in [0.25, 0.3) is 98.5 Å². The Labute approximate surface area is 300 Å². The largest absolute Gasteiger partial charge is 0.455 e. The zero-order chi connectivity index (χ0) is 38.2. The van der Waals surface area contributed by atoms with Crippen molar-refractivity contribution in [2.75, 3.05) is 0 Å². The Balaban J connectivity index is 1.22. The van der Waals surface area contributed by atoms with Crippen LogP contribution in [0.1, 0.15) is 8.22 Å². The van der Waals surface area contributed by atoms with Crippen LogP contribution in [0.15, 0.2) is 168 Å². The first-order valence-corrected chi connectivity index (χ1v) is 16.9. The molecule has 0 spiro atoms. The van der Waals surface area contributed by atoms with E-state index < -0.39 is 0 Å². The molecule has 0 unspecified atom stereocenters. The van der Waals surface area contributed by atoms with E-state index >= 15 is 0 Å². The average molecular weight is 664 g/mol. The van der Waals surface area contributed by atoms with E-state index in [9.17, 15) is 4.11 Å². The van der Waals surface area contributed by atoms with E-state index in [0.29, 0.717) is 22.8 Å². The van der Waals surface area contributed by atoms with Gasteiger partial charge < -0.3 is 4.42 Å². The fraction of sp³-hybridized carbons (Fsp3) is 0. The van der Waals surface area contributed by atoms with Crippen LogP contribution in [0.3, 0.4) is 0 Å². The molecule has 0 aliphatic rings. The Bertz CT molecular complexity index is 3220. The fourth-order valence-electron chi connectivity index (χ4n) is 6.41. The van der Waals surface area contributed by atoms with Crippen molar-refractivity contribution in [3.63, 3.8) is 0 Å². The lowest BCUT2D eigenvalue weighted by Gasteiger charge is -2.08. The molecule has 0 bridgehead atoms. The summed E-state index contributed by atoms with van der Waals surface area (Å²) in [7, 11) is 0. The van der Waals surface area contributed by atoms with Crippen molar-refractivity contribution < 1.29 is 12.6 Å². The maximum atomic E-state index is 9.52. The number of hydrogen-bond acceptors (Lipinski definition) is 5. The highest BCUT2D eigenvalue weighted by molar-refractivity contribution is 7.25.